The minimum absolute atomic E-state index is 0.141. The van der Waals surface area contributed by atoms with Crippen molar-refractivity contribution in [3.05, 3.63) is 70.8 Å². The fraction of sp³-hybridized carbons (Fsp3) is 0.182. The van der Waals surface area contributed by atoms with Gasteiger partial charge in [-0.25, -0.2) is 14.1 Å². The first kappa shape index (κ1) is 21.3. The van der Waals surface area contributed by atoms with E-state index in [1.54, 1.807) is 24.5 Å². The summed E-state index contributed by atoms with van der Waals surface area (Å²) in [5.41, 5.74) is 8.13. The maximum Gasteiger partial charge on any atom is 0.226 e. The van der Waals surface area contributed by atoms with Crippen molar-refractivity contribution in [2.45, 2.75) is 19.3 Å². The predicted molar refractivity (Wildman–Crippen MR) is 118 cm³/mol. The number of nitrogen functional groups attached to an aromatic ring is 1. The van der Waals surface area contributed by atoms with Crippen LogP contribution in [0, 0.1) is 17.1 Å². The number of hydrogen-bond acceptors (Lipinski definition) is 7. The molecular weight excluding hydrogens is 431 g/mol. The average molecular weight is 450 g/mol. The molecule has 0 aliphatic carbocycles. The summed E-state index contributed by atoms with van der Waals surface area (Å²) >= 11 is 1.42. The highest BCUT2D eigenvalue weighted by molar-refractivity contribution is 7.13. The largest absolute Gasteiger partial charge is 0.462 e. The van der Waals surface area contributed by atoms with E-state index in [-0.39, 0.29) is 29.5 Å². The summed E-state index contributed by atoms with van der Waals surface area (Å²) in [6.07, 6.45) is 2.79. The van der Waals surface area contributed by atoms with Gasteiger partial charge in [-0.3, -0.25) is 4.79 Å². The fourth-order valence-corrected chi connectivity index (χ4v) is 3.95. The van der Waals surface area contributed by atoms with Crippen LogP contribution in [-0.2, 0) is 17.6 Å². The van der Waals surface area contributed by atoms with Crippen LogP contribution >= 0.6 is 11.3 Å². The smallest absolute Gasteiger partial charge is 0.226 e. The van der Waals surface area contributed by atoms with E-state index in [0.29, 0.717) is 42.2 Å². The van der Waals surface area contributed by atoms with E-state index in [2.05, 4.69) is 21.5 Å². The number of aromatic nitrogens is 3. The van der Waals surface area contributed by atoms with Crippen LogP contribution in [0.3, 0.4) is 0 Å². The third-order valence-electron chi connectivity index (χ3n) is 4.71. The van der Waals surface area contributed by atoms with Gasteiger partial charge in [0.2, 0.25) is 5.91 Å². The number of halogens is 1. The molecule has 0 unspecified atom stereocenters. The van der Waals surface area contributed by atoms with Gasteiger partial charge in [-0.2, -0.15) is 10.4 Å². The lowest BCUT2D eigenvalue weighted by Crippen LogP contribution is -2.26. The Morgan fingerprint density at radius 2 is 2.12 bits per heavy atom. The van der Waals surface area contributed by atoms with E-state index in [4.69, 9.17) is 10.2 Å². The van der Waals surface area contributed by atoms with Gasteiger partial charge in [0.1, 0.15) is 23.3 Å². The zero-order valence-electron chi connectivity index (χ0n) is 16.9. The number of hydrogen-bond donors (Lipinski definition) is 2. The molecule has 0 radical (unpaired) electrons. The predicted octanol–water partition coefficient (Wildman–Crippen LogP) is 3.47. The van der Waals surface area contributed by atoms with E-state index >= 15 is 0 Å². The van der Waals surface area contributed by atoms with Crippen LogP contribution in [-0.4, -0.2) is 27.2 Å². The van der Waals surface area contributed by atoms with Crippen LogP contribution in [0.5, 0.6) is 0 Å². The fourth-order valence-electron chi connectivity index (χ4n) is 3.17. The molecule has 8 nitrogen and oxygen atoms in total. The van der Waals surface area contributed by atoms with Crippen molar-refractivity contribution in [2.75, 3.05) is 12.3 Å². The summed E-state index contributed by atoms with van der Waals surface area (Å²) in [4.78, 5) is 16.6. The minimum atomic E-state index is -0.370. The van der Waals surface area contributed by atoms with Crippen molar-refractivity contribution in [2.24, 2.45) is 0 Å². The summed E-state index contributed by atoms with van der Waals surface area (Å²) in [6.45, 7) is 0.419. The first-order valence-electron chi connectivity index (χ1n) is 9.83. The first-order valence-corrected chi connectivity index (χ1v) is 10.7. The summed E-state index contributed by atoms with van der Waals surface area (Å²) in [7, 11) is 0. The van der Waals surface area contributed by atoms with Crippen molar-refractivity contribution in [3.63, 3.8) is 0 Å². The van der Waals surface area contributed by atoms with Crippen LogP contribution < -0.4 is 11.1 Å². The lowest BCUT2D eigenvalue weighted by molar-refractivity contribution is -0.120. The first-order chi connectivity index (χ1) is 15.5. The highest BCUT2D eigenvalue weighted by atomic mass is 32.1. The zero-order valence-corrected chi connectivity index (χ0v) is 17.7. The Balaban J connectivity index is 1.31. The van der Waals surface area contributed by atoms with Gasteiger partial charge in [-0.15, -0.1) is 11.3 Å². The SMILES string of the molecule is N#Cc1c(CCCNC(=O)Cc2csc(-c3ccco3)n2)nn(-c2ccc(F)cc2)c1N. The van der Waals surface area contributed by atoms with Gasteiger partial charge >= 0.3 is 0 Å². The van der Waals surface area contributed by atoms with Gasteiger partial charge in [0, 0.05) is 11.9 Å². The molecule has 0 aliphatic heterocycles. The number of benzene rings is 1. The van der Waals surface area contributed by atoms with Gasteiger partial charge in [0.25, 0.3) is 0 Å². The second-order valence-electron chi connectivity index (χ2n) is 6.96. The number of carbonyl (C=O) groups is 1. The number of furan rings is 1. The molecule has 32 heavy (non-hydrogen) atoms. The number of nitrogens with two attached hydrogens (primary N) is 1. The van der Waals surface area contributed by atoms with E-state index < -0.39 is 0 Å². The Labute approximate surface area is 187 Å². The van der Waals surface area contributed by atoms with Gasteiger partial charge in [-0.1, -0.05) is 0 Å². The molecule has 0 saturated carbocycles. The zero-order chi connectivity index (χ0) is 22.5. The lowest BCUT2D eigenvalue weighted by Gasteiger charge is -2.04. The Hall–Kier alpha value is -3.97. The van der Waals surface area contributed by atoms with Crippen LogP contribution in [0.4, 0.5) is 10.2 Å². The molecular formula is C22H19FN6O2S. The number of aryl methyl sites for hydroxylation is 1. The number of anilines is 1. The van der Waals surface area contributed by atoms with Gasteiger partial charge in [0.15, 0.2) is 10.8 Å². The number of amides is 1. The average Bonchev–Trinajstić information content (AvgIpc) is 3.52. The Kier molecular flexibility index (Phi) is 6.28. The molecule has 4 rings (SSSR count). The lowest BCUT2D eigenvalue weighted by atomic mass is 10.1. The molecule has 0 bridgehead atoms. The number of nitriles is 1. The van der Waals surface area contributed by atoms with Crippen molar-refractivity contribution in [1.82, 2.24) is 20.1 Å². The van der Waals surface area contributed by atoms with Gasteiger partial charge in [0.05, 0.1) is 29.8 Å². The highest BCUT2D eigenvalue weighted by Crippen LogP contribution is 2.24. The number of carbonyl (C=O) groups excluding carboxylic acids is 1. The van der Waals surface area contributed by atoms with Crippen LogP contribution in [0.15, 0.2) is 52.5 Å². The number of nitrogens with one attached hydrogen (secondary N) is 1. The normalized spacial score (nSPS) is 10.8. The molecule has 1 amide bonds. The van der Waals surface area contributed by atoms with Crippen molar-refractivity contribution in [1.29, 1.82) is 5.26 Å². The second-order valence-corrected chi connectivity index (χ2v) is 7.82. The molecule has 3 N–H and O–H groups in total. The molecule has 3 heterocycles. The van der Waals surface area contributed by atoms with E-state index in [9.17, 15) is 14.4 Å². The monoisotopic (exact) mass is 450 g/mol. The number of nitrogens with zero attached hydrogens (tertiary/aromatic N) is 4. The Morgan fingerprint density at radius 3 is 2.84 bits per heavy atom. The molecule has 0 fully saturated rings. The summed E-state index contributed by atoms with van der Waals surface area (Å²) in [5.74, 6) is 0.368. The standard InChI is InChI=1S/C22H19FN6O2S/c23-14-5-7-16(8-6-14)29-21(25)17(12-24)18(28-29)3-1-9-26-20(30)11-15-13-32-22(27-15)19-4-2-10-31-19/h2,4-8,10,13H,1,3,9,11,25H2,(H,26,30). The summed E-state index contributed by atoms with van der Waals surface area (Å²) in [5, 5.41) is 19.3. The van der Waals surface area contributed by atoms with E-state index in [1.807, 2.05) is 11.4 Å². The Bertz CT molecular complexity index is 1250. The van der Waals surface area contributed by atoms with Crippen molar-refractivity contribution in [3.8, 4) is 22.5 Å². The topological polar surface area (TPSA) is 123 Å². The van der Waals surface area contributed by atoms with Crippen LogP contribution in [0.2, 0.25) is 0 Å². The number of thiazole rings is 1. The maximum absolute atomic E-state index is 13.2. The van der Waals surface area contributed by atoms with Crippen molar-refractivity contribution < 1.29 is 13.6 Å². The minimum Gasteiger partial charge on any atom is -0.462 e. The molecule has 0 spiro atoms. The highest BCUT2D eigenvalue weighted by Gasteiger charge is 2.16. The van der Waals surface area contributed by atoms with Gasteiger partial charge in [-0.05, 0) is 49.2 Å². The molecule has 162 valence electrons. The summed E-state index contributed by atoms with van der Waals surface area (Å²) < 4.78 is 19.9. The van der Waals surface area contributed by atoms with Crippen LogP contribution in [0.1, 0.15) is 23.4 Å². The molecule has 0 atom stereocenters. The number of rotatable bonds is 8. The molecule has 0 aliphatic rings. The van der Waals surface area contributed by atoms with E-state index in [1.165, 1.54) is 28.2 Å². The molecule has 10 heteroatoms. The summed E-state index contributed by atoms with van der Waals surface area (Å²) in [6, 6.07) is 11.4. The van der Waals surface area contributed by atoms with E-state index in [0.717, 1.165) is 5.01 Å². The molecule has 1 aromatic carbocycles. The Morgan fingerprint density at radius 1 is 1.31 bits per heavy atom. The van der Waals surface area contributed by atoms with Gasteiger partial charge < -0.3 is 15.5 Å². The van der Waals surface area contributed by atoms with Crippen molar-refractivity contribution >= 4 is 23.1 Å². The second kappa shape index (κ2) is 9.45. The molecule has 0 saturated heterocycles. The quantitative estimate of drug-likeness (QED) is 0.396. The molecule has 4 aromatic rings. The maximum atomic E-state index is 13.2. The third kappa shape index (κ3) is 4.68. The third-order valence-corrected chi connectivity index (χ3v) is 5.62. The van der Waals surface area contributed by atoms with Crippen LogP contribution in [0.25, 0.3) is 16.5 Å². The molecule has 3 aromatic heterocycles.